The Hall–Kier alpha value is -1.80. The third-order valence-electron chi connectivity index (χ3n) is 3.72. The van der Waals surface area contributed by atoms with E-state index in [4.69, 9.17) is 24.4 Å². The molecule has 0 aliphatic heterocycles. The average molecular weight is 379 g/mol. The normalized spacial score (nSPS) is 10.6. The summed E-state index contributed by atoms with van der Waals surface area (Å²) in [6.07, 6.45) is 5.91. The van der Waals surface area contributed by atoms with Crippen LogP contribution in [0.3, 0.4) is 0 Å². The molecule has 0 atom stereocenters. The number of unbranched alkanes of at least 4 members (excludes halogenated alkanes) is 4. The van der Waals surface area contributed by atoms with Crippen molar-refractivity contribution in [1.29, 1.82) is 0 Å². The highest BCUT2D eigenvalue weighted by Gasteiger charge is 1.97. The minimum absolute atomic E-state index is 0.527. The van der Waals surface area contributed by atoms with Crippen LogP contribution in [0, 0.1) is 23.4 Å². The van der Waals surface area contributed by atoms with Crippen LogP contribution in [0.4, 0.5) is 11.6 Å². The van der Waals surface area contributed by atoms with Gasteiger partial charge in [0.1, 0.15) is 11.6 Å². The molecule has 0 saturated heterocycles. The summed E-state index contributed by atoms with van der Waals surface area (Å²) < 4.78 is 1.05. The molecule has 8 heteroatoms. The number of hydrogen-bond acceptors (Lipinski definition) is 6. The highest BCUT2D eigenvalue weighted by atomic mass is 32.1. The summed E-state index contributed by atoms with van der Waals surface area (Å²) in [5.41, 5.74) is 2.05. The summed E-state index contributed by atoms with van der Waals surface area (Å²) in [5, 5.41) is 6.66. The van der Waals surface area contributed by atoms with Gasteiger partial charge in [-0.2, -0.15) is 0 Å². The maximum absolute atomic E-state index is 5.07. The zero-order chi connectivity index (χ0) is 18.1. The molecule has 0 spiro atoms. The van der Waals surface area contributed by atoms with Gasteiger partial charge in [0, 0.05) is 24.5 Å². The molecule has 0 aliphatic rings. The van der Waals surface area contributed by atoms with Crippen molar-refractivity contribution in [2.24, 2.45) is 0 Å². The summed E-state index contributed by atoms with van der Waals surface area (Å²) in [4.78, 5) is 14.5. The van der Waals surface area contributed by atoms with Gasteiger partial charge in [0.2, 0.25) is 0 Å². The van der Waals surface area contributed by atoms with Crippen molar-refractivity contribution in [3.8, 4) is 0 Å². The van der Waals surface area contributed by atoms with Crippen LogP contribution in [0.2, 0.25) is 0 Å². The number of aromatic amines is 2. The first-order chi connectivity index (χ1) is 12.0. The van der Waals surface area contributed by atoms with Gasteiger partial charge >= 0.3 is 0 Å². The predicted molar refractivity (Wildman–Crippen MR) is 108 cm³/mol. The number of H-pyrrole nitrogens is 2. The van der Waals surface area contributed by atoms with Crippen molar-refractivity contribution in [2.45, 2.75) is 46.0 Å². The maximum atomic E-state index is 5.07. The summed E-state index contributed by atoms with van der Waals surface area (Å²) >= 11 is 10.1. The molecule has 0 aromatic carbocycles. The summed E-state index contributed by atoms with van der Waals surface area (Å²) in [7, 11) is 0. The first-order valence-electron chi connectivity index (χ1n) is 8.66. The van der Waals surface area contributed by atoms with Crippen LogP contribution in [-0.2, 0) is 0 Å². The van der Waals surface area contributed by atoms with Crippen molar-refractivity contribution in [2.75, 3.05) is 23.7 Å². The van der Waals surface area contributed by atoms with Gasteiger partial charge in [-0.3, -0.25) is 0 Å². The van der Waals surface area contributed by atoms with Crippen molar-refractivity contribution in [3.05, 3.63) is 33.1 Å². The number of anilines is 2. The molecule has 0 radical (unpaired) electrons. The van der Waals surface area contributed by atoms with Crippen molar-refractivity contribution < 1.29 is 0 Å². The molecule has 6 nitrogen and oxygen atoms in total. The fourth-order valence-corrected chi connectivity index (χ4v) is 3.07. The molecule has 0 amide bonds. The van der Waals surface area contributed by atoms with E-state index in [0.29, 0.717) is 9.54 Å². The third kappa shape index (κ3) is 7.74. The smallest absolute Gasteiger partial charge is 0.198 e. The molecule has 2 heterocycles. The molecule has 2 rings (SSSR count). The van der Waals surface area contributed by atoms with Crippen molar-refractivity contribution in [3.63, 3.8) is 0 Å². The highest BCUT2D eigenvalue weighted by molar-refractivity contribution is 7.71. The molecule has 2 aromatic heterocycles. The summed E-state index contributed by atoms with van der Waals surface area (Å²) in [5.74, 6) is 1.71. The van der Waals surface area contributed by atoms with E-state index in [1.54, 1.807) is 0 Å². The zero-order valence-corrected chi connectivity index (χ0v) is 16.4. The van der Waals surface area contributed by atoms with Gasteiger partial charge in [0.15, 0.2) is 9.54 Å². The number of rotatable bonds is 10. The largest absolute Gasteiger partial charge is 0.370 e. The molecule has 0 fully saturated rings. The Morgan fingerprint density at radius 1 is 0.760 bits per heavy atom. The fraction of sp³-hybridized carbons (Fsp3) is 0.529. The van der Waals surface area contributed by atoms with Crippen LogP contribution < -0.4 is 10.6 Å². The molecular weight excluding hydrogens is 352 g/mol. The van der Waals surface area contributed by atoms with Crippen LogP contribution in [0.5, 0.6) is 0 Å². The lowest BCUT2D eigenvalue weighted by molar-refractivity contribution is 0.634. The summed E-state index contributed by atoms with van der Waals surface area (Å²) in [6.45, 7) is 5.82. The molecule has 4 N–H and O–H groups in total. The topological polar surface area (TPSA) is 81.4 Å². The Morgan fingerprint density at radius 2 is 1.16 bits per heavy atom. The van der Waals surface area contributed by atoms with E-state index in [0.717, 1.165) is 49.0 Å². The SMILES string of the molecule is Cc1cc(NCCCCCCCNc2cc(C)[nH]c(=S)n2)nc(=S)[nH]1. The number of nitrogens with zero attached hydrogens (tertiary/aromatic N) is 2. The first-order valence-corrected chi connectivity index (χ1v) is 9.48. The van der Waals surface area contributed by atoms with Crippen LogP contribution in [0.25, 0.3) is 0 Å². The van der Waals surface area contributed by atoms with Gasteiger partial charge in [0.25, 0.3) is 0 Å². The first kappa shape index (κ1) is 19.5. The van der Waals surface area contributed by atoms with Gasteiger partial charge in [-0.15, -0.1) is 0 Å². The Morgan fingerprint density at radius 3 is 1.56 bits per heavy atom. The van der Waals surface area contributed by atoms with Gasteiger partial charge in [0.05, 0.1) is 0 Å². The lowest BCUT2D eigenvalue weighted by Crippen LogP contribution is -2.05. The summed E-state index contributed by atoms with van der Waals surface area (Å²) in [6, 6.07) is 3.96. The zero-order valence-electron chi connectivity index (χ0n) is 14.8. The minimum atomic E-state index is 0.527. The van der Waals surface area contributed by atoms with Crippen molar-refractivity contribution in [1.82, 2.24) is 19.9 Å². The Balaban J connectivity index is 1.52. The van der Waals surface area contributed by atoms with Gasteiger partial charge in [-0.1, -0.05) is 19.3 Å². The molecule has 0 aliphatic carbocycles. The van der Waals surface area contributed by atoms with Crippen LogP contribution in [0.15, 0.2) is 12.1 Å². The standard InChI is InChI=1S/C17H26N6S2/c1-12-10-14(22-16(24)20-12)18-8-6-4-3-5-7-9-19-15-11-13(2)21-17(25)23-15/h10-11H,3-9H2,1-2H3,(H2,18,20,22,24)(H2,19,21,23,25). The number of aryl methyl sites for hydroxylation is 2. The van der Waals surface area contributed by atoms with E-state index in [2.05, 4.69) is 30.6 Å². The second kappa shape index (κ2) is 10.2. The number of aromatic nitrogens is 4. The number of nitrogens with one attached hydrogen (secondary N) is 4. The molecule has 25 heavy (non-hydrogen) atoms. The van der Waals surface area contributed by atoms with Crippen LogP contribution in [-0.4, -0.2) is 33.0 Å². The molecule has 0 bridgehead atoms. The third-order valence-corrected chi connectivity index (χ3v) is 4.11. The number of hydrogen-bond donors (Lipinski definition) is 4. The van der Waals surface area contributed by atoms with Crippen molar-refractivity contribution >= 4 is 36.1 Å². The Bertz CT molecular complexity index is 718. The molecule has 0 saturated carbocycles. The lowest BCUT2D eigenvalue weighted by Gasteiger charge is -2.07. The van der Waals surface area contributed by atoms with E-state index in [9.17, 15) is 0 Å². The molecule has 2 aromatic rings. The second-order valence-corrected chi connectivity index (χ2v) is 6.90. The quantitative estimate of drug-likeness (QED) is 0.355. The van der Waals surface area contributed by atoms with E-state index in [-0.39, 0.29) is 0 Å². The van der Waals surface area contributed by atoms with E-state index >= 15 is 0 Å². The van der Waals surface area contributed by atoms with Crippen LogP contribution in [0.1, 0.15) is 43.5 Å². The predicted octanol–water partition coefficient (Wildman–Crippen LogP) is 4.68. The van der Waals surface area contributed by atoms with Gasteiger partial charge < -0.3 is 20.6 Å². The lowest BCUT2D eigenvalue weighted by atomic mass is 10.1. The highest BCUT2D eigenvalue weighted by Crippen LogP contribution is 2.08. The second-order valence-electron chi connectivity index (χ2n) is 6.13. The average Bonchev–Trinajstić information content (AvgIpc) is 2.51. The Labute approximate surface area is 158 Å². The molecule has 0 unspecified atom stereocenters. The molecular formula is C17H26N6S2. The maximum Gasteiger partial charge on any atom is 0.198 e. The monoisotopic (exact) mass is 378 g/mol. The molecule has 136 valence electrons. The Kier molecular flexibility index (Phi) is 8.00. The van der Waals surface area contributed by atoms with Crippen LogP contribution >= 0.6 is 24.4 Å². The minimum Gasteiger partial charge on any atom is -0.370 e. The van der Waals surface area contributed by atoms with E-state index in [1.165, 1.54) is 19.3 Å². The van der Waals surface area contributed by atoms with Gasteiger partial charge in [-0.25, -0.2) is 9.97 Å². The van der Waals surface area contributed by atoms with Gasteiger partial charge in [-0.05, 0) is 63.3 Å². The van der Waals surface area contributed by atoms with E-state index < -0.39 is 0 Å². The van der Waals surface area contributed by atoms with E-state index in [1.807, 2.05) is 26.0 Å². The fourth-order valence-electron chi connectivity index (χ4n) is 2.55.